The summed E-state index contributed by atoms with van der Waals surface area (Å²) in [7, 11) is 0. The van der Waals surface area contributed by atoms with Gasteiger partial charge in [0.05, 0.1) is 27.8 Å². The molecule has 29 heavy (non-hydrogen) atoms. The van der Waals surface area contributed by atoms with Crippen LogP contribution in [0.1, 0.15) is 35.8 Å². The van der Waals surface area contributed by atoms with E-state index in [2.05, 4.69) is 16.8 Å². The summed E-state index contributed by atoms with van der Waals surface area (Å²) in [6, 6.07) is 1.14. The van der Waals surface area contributed by atoms with Gasteiger partial charge >= 0.3 is 0 Å². The fourth-order valence-electron chi connectivity index (χ4n) is 4.71. The minimum atomic E-state index is -0.719. The van der Waals surface area contributed by atoms with Gasteiger partial charge in [-0.15, -0.1) is 0 Å². The molecule has 6 nitrogen and oxygen atoms in total. The Labute approximate surface area is 173 Å². The Morgan fingerprint density at radius 3 is 2.83 bits per heavy atom. The van der Waals surface area contributed by atoms with Crippen molar-refractivity contribution in [2.75, 3.05) is 24.5 Å². The van der Waals surface area contributed by atoms with E-state index in [9.17, 15) is 9.59 Å². The SMILES string of the molecule is CC#CC(=O)N1CCC[C@@H]2CN(c3c(F)cc(C(N)=O)c4[nH]c(C)c(Cl)c34)C[C@@H]21. The molecule has 2 saturated heterocycles. The highest BCUT2D eigenvalue weighted by Gasteiger charge is 2.42. The molecular formula is C21H22ClFN4O2. The maximum atomic E-state index is 15.2. The number of carbonyl (C=O) groups excluding carboxylic acids is 2. The Bertz CT molecular complexity index is 1080. The second kappa shape index (κ2) is 7.27. The lowest BCUT2D eigenvalue weighted by Gasteiger charge is -2.35. The first-order valence-corrected chi connectivity index (χ1v) is 9.99. The molecule has 2 aliphatic heterocycles. The number of hydrogen-bond donors (Lipinski definition) is 2. The van der Waals surface area contributed by atoms with Crippen molar-refractivity contribution in [1.29, 1.82) is 0 Å². The van der Waals surface area contributed by atoms with Crippen LogP contribution in [0.3, 0.4) is 0 Å². The second-order valence-electron chi connectivity index (χ2n) is 7.68. The molecule has 3 heterocycles. The molecule has 3 N–H and O–H groups in total. The van der Waals surface area contributed by atoms with Gasteiger partial charge in [0.25, 0.3) is 11.8 Å². The van der Waals surface area contributed by atoms with Gasteiger partial charge in [0, 0.05) is 30.7 Å². The molecular weight excluding hydrogens is 395 g/mol. The van der Waals surface area contributed by atoms with E-state index in [0.717, 1.165) is 12.8 Å². The van der Waals surface area contributed by atoms with Gasteiger partial charge in [0.2, 0.25) is 0 Å². The van der Waals surface area contributed by atoms with Gasteiger partial charge < -0.3 is 20.5 Å². The van der Waals surface area contributed by atoms with E-state index in [0.29, 0.717) is 46.9 Å². The average Bonchev–Trinajstić information content (AvgIpc) is 3.23. The van der Waals surface area contributed by atoms with E-state index in [1.165, 1.54) is 6.07 Å². The van der Waals surface area contributed by atoms with Crippen molar-refractivity contribution in [3.63, 3.8) is 0 Å². The van der Waals surface area contributed by atoms with Crippen LogP contribution in [-0.2, 0) is 4.79 Å². The molecule has 2 aliphatic rings. The van der Waals surface area contributed by atoms with Crippen LogP contribution in [0.4, 0.5) is 10.1 Å². The third-order valence-corrected chi connectivity index (χ3v) is 6.44. The number of fused-ring (bicyclic) bond motifs is 2. The first kappa shape index (κ1) is 19.6. The minimum Gasteiger partial charge on any atom is -0.366 e. The number of nitrogens with zero attached hydrogens (tertiary/aromatic N) is 2. The number of carbonyl (C=O) groups is 2. The Balaban J connectivity index is 1.79. The number of nitrogens with two attached hydrogens (primary N) is 1. The number of likely N-dealkylation sites (tertiary alicyclic amines) is 1. The third-order valence-electron chi connectivity index (χ3n) is 5.97. The molecule has 152 valence electrons. The summed E-state index contributed by atoms with van der Waals surface area (Å²) in [6.07, 6.45) is 1.86. The number of amides is 2. The maximum Gasteiger partial charge on any atom is 0.298 e. The molecule has 0 saturated carbocycles. The zero-order chi connectivity index (χ0) is 20.9. The molecule has 0 aliphatic carbocycles. The van der Waals surface area contributed by atoms with Crippen LogP contribution in [0, 0.1) is 30.5 Å². The fourth-order valence-corrected chi connectivity index (χ4v) is 4.94. The molecule has 2 aromatic rings. The van der Waals surface area contributed by atoms with Crippen LogP contribution in [-0.4, -0.2) is 47.4 Å². The Morgan fingerprint density at radius 2 is 2.14 bits per heavy atom. The van der Waals surface area contributed by atoms with Gasteiger partial charge in [0.1, 0.15) is 5.82 Å². The number of aromatic nitrogens is 1. The van der Waals surface area contributed by atoms with Gasteiger partial charge in [-0.05, 0) is 44.6 Å². The molecule has 0 spiro atoms. The standard InChI is InChI=1S/C21H22ClFN4O2/c1-3-5-16(28)27-7-4-6-12-9-26(10-15(12)27)20-14(23)8-13(21(24)29)19-17(20)18(22)11(2)25-19/h8,12,15,25H,4,6-7,9-10H2,1-2H3,(H2,24,29)/t12-,15+/m1/s1. The van der Waals surface area contributed by atoms with Gasteiger partial charge in [0.15, 0.2) is 0 Å². The molecule has 2 fully saturated rings. The zero-order valence-corrected chi connectivity index (χ0v) is 17.1. The number of benzene rings is 1. The quantitative estimate of drug-likeness (QED) is 0.738. The summed E-state index contributed by atoms with van der Waals surface area (Å²) in [6.45, 7) is 5.16. The van der Waals surface area contributed by atoms with Crippen molar-refractivity contribution in [3.8, 4) is 11.8 Å². The Morgan fingerprint density at radius 1 is 1.38 bits per heavy atom. The summed E-state index contributed by atoms with van der Waals surface area (Å²) in [5.74, 6) is 4.07. The minimum absolute atomic E-state index is 0.0267. The molecule has 0 radical (unpaired) electrons. The lowest BCUT2D eigenvalue weighted by Crippen LogP contribution is -2.48. The summed E-state index contributed by atoms with van der Waals surface area (Å²) in [5.41, 5.74) is 6.95. The maximum absolute atomic E-state index is 15.2. The Kier molecular flexibility index (Phi) is 4.91. The average molecular weight is 417 g/mol. The summed E-state index contributed by atoms with van der Waals surface area (Å²) in [4.78, 5) is 31.1. The number of halogens is 2. The first-order valence-electron chi connectivity index (χ1n) is 9.61. The monoisotopic (exact) mass is 416 g/mol. The lowest BCUT2D eigenvalue weighted by atomic mass is 9.92. The number of H-pyrrole nitrogens is 1. The predicted octanol–water partition coefficient (Wildman–Crippen LogP) is 2.82. The van der Waals surface area contributed by atoms with E-state index in [1.807, 2.05) is 9.80 Å². The van der Waals surface area contributed by atoms with E-state index >= 15 is 4.39 Å². The van der Waals surface area contributed by atoms with Crippen molar-refractivity contribution >= 4 is 40.0 Å². The van der Waals surface area contributed by atoms with Gasteiger partial charge in [-0.1, -0.05) is 17.5 Å². The topological polar surface area (TPSA) is 82.4 Å². The van der Waals surface area contributed by atoms with Crippen molar-refractivity contribution < 1.29 is 14.0 Å². The molecule has 0 bridgehead atoms. The van der Waals surface area contributed by atoms with Crippen LogP contribution in [0.25, 0.3) is 10.9 Å². The highest BCUT2D eigenvalue weighted by molar-refractivity contribution is 6.38. The number of nitrogens with one attached hydrogen (secondary N) is 1. The number of rotatable bonds is 2. The van der Waals surface area contributed by atoms with Crippen molar-refractivity contribution in [2.45, 2.75) is 32.7 Å². The van der Waals surface area contributed by atoms with Crippen molar-refractivity contribution in [3.05, 3.63) is 28.2 Å². The smallest absolute Gasteiger partial charge is 0.298 e. The van der Waals surface area contributed by atoms with Crippen molar-refractivity contribution in [1.82, 2.24) is 9.88 Å². The highest BCUT2D eigenvalue weighted by Crippen LogP contribution is 2.42. The largest absolute Gasteiger partial charge is 0.366 e. The van der Waals surface area contributed by atoms with Crippen LogP contribution in [0.15, 0.2) is 6.07 Å². The third kappa shape index (κ3) is 3.12. The molecule has 0 unspecified atom stereocenters. The predicted molar refractivity (Wildman–Crippen MR) is 110 cm³/mol. The lowest BCUT2D eigenvalue weighted by molar-refractivity contribution is -0.129. The molecule has 1 aromatic carbocycles. The molecule has 2 amide bonds. The van der Waals surface area contributed by atoms with Crippen LogP contribution < -0.4 is 10.6 Å². The zero-order valence-electron chi connectivity index (χ0n) is 16.3. The molecule has 8 heteroatoms. The fraction of sp³-hybridized carbons (Fsp3) is 0.429. The number of piperidine rings is 1. The van der Waals surface area contributed by atoms with E-state index < -0.39 is 11.7 Å². The number of primary amides is 1. The molecule has 1 aromatic heterocycles. The highest BCUT2D eigenvalue weighted by atomic mass is 35.5. The molecule has 4 rings (SSSR count). The van der Waals surface area contributed by atoms with E-state index in [1.54, 1.807) is 13.8 Å². The number of aromatic amines is 1. The number of anilines is 1. The Hall–Kier alpha value is -2.72. The van der Waals surface area contributed by atoms with Crippen LogP contribution in [0.5, 0.6) is 0 Å². The van der Waals surface area contributed by atoms with Gasteiger partial charge in [-0.25, -0.2) is 4.39 Å². The van der Waals surface area contributed by atoms with Crippen LogP contribution in [0.2, 0.25) is 5.02 Å². The summed E-state index contributed by atoms with van der Waals surface area (Å²) >= 11 is 6.49. The second-order valence-corrected chi connectivity index (χ2v) is 8.06. The van der Waals surface area contributed by atoms with Crippen molar-refractivity contribution in [2.24, 2.45) is 11.7 Å². The number of aryl methyl sites for hydroxylation is 1. The normalized spacial score (nSPS) is 21.1. The van der Waals surface area contributed by atoms with Gasteiger partial charge in [-0.3, -0.25) is 9.59 Å². The van der Waals surface area contributed by atoms with E-state index in [4.69, 9.17) is 17.3 Å². The van der Waals surface area contributed by atoms with Crippen LogP contribution >= 0.6 is 11.6 Å². The molecule has 2 atom stereocenters. The summed E-state index contributed by atoms with van der Waals surface area (Å²) in [5, 5.41) is 0.833. The summed E-state index contributed by atoms with van der Waals surface area (Å²) < 4.78 is 15.2. The van der Waals surface area contributed by atoms with E-state index in [-0.39, 0.29) is 23.4 Å². The first-order chi connectivity index (χ1) is 13.8. The number of hydrogen-bond acceptors (Lipinski definition) is 3. The van der Waals surface area contributed by atoms with Gasteiger partial charge in [-0.2, -0.15) is 0 Å².